The van der Waals surface area contributed by atoms with Gasteiger partial charge in [-0.05, 0) is 43.9 Å². The number of hydrogen-bond acceptors (Lipinski definition) is 6. The molecule has 0 aliphatic carbocycles. The van der Waals surface area contributed by atoms with E-state index < -0.39 is 23.8 Å². The normalized spacial score (nSPS) is 20.2. The summed E-state index contributed by atoms with van der Waals surface area (Å²) >= 11 is 0. The molecule has 2 heterocycles. The second-order valence-electron chi connectivity index (χ2n) is 7.33. The number of hydrogen-bond donors (Lipinski definition) is 3. The first-order valence-electron chi connectivity index (χ1n) is 9.77. The van der Waals surface area contributed by atoms with Crippen LogP contribution < -0.4 is 16.4 Å². The molecule has 0 aromatic heterocycles. The van der Waals surface area contributed by atoms with Gasteiger partial charge in [0.2, 0.25) is 11.8 Å². The number of benzene rings is 1. The minimum absolute atomic E-state index is 0.108. The maximum atomic E-state index is 12.8. The SMILES string of the molecule is CCCC(N)CCCNc1ccc2c(c1)C(=O)N(C1CCC(=O)NC1=O)C2=O. The lowest BCUT2D eigenvalue weighted by Crippen LogP contribution is -2.54. The Bertz CT molecular complexity index is 807. The van der Waals surface area contributed by atoms with Crippen LogP contribution in [0.4, 0.5) is 5.69 Å². The number of imide groups is 2. The van der Waals surface area contributed by atoms with E-state index in [1.165, 1.54) is 0 Å². The molecule has 8 heteroatoms. The summed E-state index contributed by atoms with van der Waals surface area (Å²) in [5, 5.41) is 5.45. The summed E-state index contributed by atoms with van der Waals surface area (Å²) in [4.78, 5) is 49.8. The van der Waals surface area contributed by atoms with Crippen LogP contribution in [-0.4, -0.2) is 47.2 Å². The summed E-state index contributed by atoms with van der Waals surface area (Å²) in [5.41, 5.74) is 7.31. The van der Waals surface area contributed by atoms with Gasteiger partial charge in [0, 0.05) is 24.7 Å². The Balaban J connectivity index is 1.65. The fourth-order valence-corrected chi connectivity index (χ4v) is 3.69. The van der Waals surface area contributed by atoms with Gasteiger partial charge in [-0.2, -0.15) is 0 Å². The zero-order valence-corrected chi connectivity index (χ0v) is 16.0. The predicted molar refractivity (Wildman–Crippen MR) is 104 cm³/mol. The molecule has 1 saturated heterocycles. The van der Waals surface area contributed by atoms with Crippen molar-refractivity contribution in [1.29, 1.82) is 0 Å². The van der Waals surface area contributed by atoms with Crippen molar-refractivity contribution in [1.82, 2.24) is 10.2 Å². The van der Waals surface area contributed by atoms with Crippen molar-refractivity contribution in [2.24, 2.45) is 5.73 Å². The molecule has 0 saturated carbocycles. The Hall–Kier alpha value is -2.74. The van der Waals surface area contributed by atoms with Crippen molar-refractivity contribution in [3.8, 4) is 0 Å². The molecule has 28 heavy (non-hydrogen) atoms. The highest BCUT2D eigenvalue weighted by Crippen LogP contribution is 2.29. The zero-order valence-electron chi connectivity index (χ0n) is 16.0. The van der Waals surface area contributed by atoms with E-state index in [-0.39, 0.29) is 35.9 Å². The lowest BCUT2D eigenvalue weighted by Gasteiger charge is -2.27. The van der Waals surface area contributed by atoms with Crippen molar-refractivity contribution in [3.63, 3.8) is 0 Å². The standard InChI is InChI=1S/C20H26N4O4/c1-2-4-12(21)5-3-10-22-13-6-7-14-15(11-13)20(28)24(19(14)27)16-8-9-17(25)23-18(16)26/h6-7,11-12,16,22H,2-5,8-10,21H2,1H3,(H,23,25,26). The third kappa shape index (κ3) is 4.06. The highest BCUT2D eigenvalue weighted by Gasteiger charge is 2.44. The number of nitrogens with zero attached hydrogens (tertiary/aromatic N) is 1. The van der Waals surface area contributed by atoms with Gasteiger partial charge in [0.15, 0.2) is 0 Å². The number of anilines is 1. The maximum Gasteiger partial charge on any atom is 0.262 e. The maximum absolute atomic E-state index is 12.8. The van der Waals surface area contributed by atoms with Crippen molar-refractivity contribution in [3.05, 3.63) is 29.3 Å². The number of carbonyl (C=O) groups is 4. The Labute approximate surface area is 163 Å². The summed E-state index contributed by atoms with van der Waals surface area (Å²) in [7, 11) is 0. The van der Waals surface area contributed by atoms with Gasteiger partial charge in [0.25, 0.3) is 11.8 Å². The third-order valence-corrected chi connectivity index (χ3v) is 5.18. The summed E-state index contributed by atoms with van der Waals surface area (Å²) in [6, 6.07) is 4.26. The second kappa shape index (κ2) is 8.52. The lowest BCUT2D eigenvalue weighted by molar-refractivity contribution is -0.136. The van der Waals surface area contributed by atoms with Crippen LogP contribution in [0.15, 0.2) is 18.2 Å². The van der Waals surface area contributed by atoms with Crippen molar-refractivity contribution < 1.29 is 19.2 Å². The minimum atomic E-state index is -0.943. The molecule has 2 aliphatic rings. The van der Waals surface area contributed by atoms with Crippen LogP contribution in [0.1, 0.15) is 66.2 Å². The fourth-order valence-electron chi connectivity index (χ4n) is 3.69. The smallest absolute Gasteiger partial charge is 0.262 e. The van der Waals surface area contributed by atoms with E-state index in [4.69, 9.17) is 5.73 Å². The number of rotatable bonds is 8. The largest absolute Gasteiger partial charge is 0.385 e. The van der Waals surface area contributed by atoms with Crippen molar-refractivity contribution >= 4 is 29.3 Å². The van der Waals surface area contributed by atoms with Crippen molar-refractivity contribution in [2.45, 2.75) is 57.5 Å². The molecule has 2 unspecified atom stereocenters. The first-order chi connectivity index (χ1) is 13.4. The topological polar surface area (TPSA) is 122 Å². The van der Waals surface area contributed by atoms with Crippen LogP contribution in [0.3, 0.4) is 0 Å². The number of carbonyl (C=O) groups excluding carboxylic acids is 4. The Morgan fingerprint density at radius 2 is 1.93 bits per heavy atom. The highest BCUT2D eigenvalue weighted by molar-refractivity contribution is 6.23. The molecule has 4 amide bonds. The molecule has 3 rings (SSSR count). The average Bonchev–Trinajstić information content (AvgIpc) is 2.90. The molecule has 0 radical (unpaired) electrons. The molecule has 1 fully saturated rings. The van der Waals surface area contributed by atoms with E-state index in [1.807, 2.05) is 0 Å². The van der Waals surface area contributed by atoms with E-state index in [0.29, 0.717) is 0 Å². The summed E-state index contributed by atoms with van der Waals surface area (Å²) in [6.07, 6.45) is 4.17. The molecule has 0 bridgehead atoms. The van der Waals surface area contributed by atoms with Gasteiger partial charge < -0.3 is 11.1 Å². The molecule has 1 aromatic rings. The lowest BCUT2D eigenvalue weighted by atomic mass is 10.0. The van der Waals surface area contributed by atoms with Gasteiger partial charge in [-0.15, -0.1) is 0 Å². The summed E-state index contributed by atoms with van der Waals surface area (Å²) in [6.45, 7) is 2.83. The van der Waals surface area contributed by atoms with Crippen LogP contribution in [-0.2, 0) is 9.59 Å². The molecular weight excluding hydrogens is 360 g/mol. The number of nitrogens with two attached hydrogens (primary N) is 1. The van der Waals surface area contributed by atoms with Gasteiger partial charge in [-0.1, -0.05) is 13.3 Å². The molecule has 1 aromatic carbocycles. The third-order valence-electron chi connectivity index (χ3n) is 5.18. The zero-order chi connectivity index (χ0) is 20.3. The Kier molecular flexibility index (Phi) is 6.08. The van der Waals surface area contributed by atoms with E-state index in [1.54, 1.807) is 18.2 Å². The summed E-state index contributed by atoms with van der Waals surface area (Å²) < 4.78 is 0. The molecule has 2 aliphatic heterocycles. The van der Waals surface area contributed by atoms with E-state index in [0.717, 1.165) is 42.8 Å². The predicted octanol–water partition coefficient (Wildman–Crippen LogP) is 1.41. The molecule has 2 atom stereocenters. The Morgan fingerprint density at radius 1 is 1.18 bits per heavy atom. The second-order valence-corrected chi connectivity index (χ2v) is 7.33. The molecule has 4 N–H and O–H groups in total. The monoisotopic (exact) mass is 386 g/mol. The number of amides is 4. The fraction of sp³-hybridized carbons (Fsp3) is 0.500. The molecule has 0 spiro atoms. The van der Waals surface area contributed by atoms with Crippen LogP contribution in [0.25, 0.3) is 0 Å². The first-order valence-corrected chi connectivity index (χ1v) is 9.77. The number of nitrogens with one attached hydrogen (secondary N) is 2. The van der Waals surface area contributed by atoms with Gasteiger partial charge in [0.1, 0.15) is 6.04 Å². The minimum Gasteiger partial charge on any atom is -0.385 e. The quantitative estimate of drug-likeness (QED) is 0.459. The summed E-state index contributed by atoms with van der Waals surface area (Å²) in [5.74, 6) is -1.98. The van der Waals surface area contributed by atoms with Gasteiger partial charge in [-0.25, -0.2) is 0 Å². The van der Waals surface area contributed by atoms with E-state index in [9.17, 15) is 19.2 Å². The van der Waals surface area contributed by atoms with E-state index in [2.05, 4.69) is 17.6 Å². The van der Waals surface area contributed by atoms with Crippen LogP contribution in [0.2, 0.25) is 0 Å². The highest BCUT2D eigenvalue weighted by atomic mass is 16.2. The van der Waals surface area contributed by atoms with Crippen molar-refractivity contribution in [2.75, 3.05) is 11.9 Å². The molecule has 8 nitrogen and oxygen atoms in total. The van der Waals surface area contributed by atoms with E-state index >= 15 is 0 Å². The number of fused-ring (bicyclic) bond motifs is 1. The van der Waals surface area contributed by atoms with Crippen LogP contribution in [0, 0.1) is 0 Å². The van der Waals surface area contributed by atoms with Gasteiger partial charge >= 0.3 is 0 Å². The van der Waals surface area contributed by atoms with Crippen LogP contribution >= 0.6 is 0 Å². The first kappa shape index (κ1) is 20.0. The number of piperidine rings is 1. The molecule has 150 valence electrons. The molecular formula is C20H26N4O4. The van der Waals surface area contributed by atoms with Gasteiger partial charge in [0.05, 0.1) is 11.1 Å². The van der Waals surface area contributed by atoms with Crippen LogP contribution in [0.5, 0.6) is 0 Å². The Morgan fingerprint density at radius 3 is 2.64 bits per heavy atom. The van der Waals surface area contributed by atoms with Gasteiger partial charge in [-0.3, -0.25) is 29.4 Å². The average molecular weight is 386 g/mol.